The Hall–Kier alpha value is -2.74. The van der Waals surface area contributed by atoms with Gasteiger partial charge >= 0.3 is 22.9 Å². The first-order valence-electron chi connectivity index (χ1n) is 9.05. The average molecular weight is 596 g/mol. The smallest absolute Gasteiger partial charge is 0.433 e. The Kier molecular flexibility index (Phi) is 6.70. The first-order chi connectivity index (χ1) is 15.9. The minimum atomic E-state index is -6.37. The molecular formula is C20H9BrClF9N2O2. The number of alkyl halides is 10. The molecule has 2 aromatic carbocycles. The van der Waals surface area contributed by atoms with Gasteiger partial charge in [-0.05, 0) is 46.3 Å². The lowest BCUT2D eigenvalue weighted by Crippen LogP contribution is -2.49. The van der Waals surface area contributed by atoms with Gasteiger partial charge in [0.2, 0.25) is 5.52 Å². The van der Waals surface area contributed by atoms with Crippen LogP contribution >= 0.6 is 27.5 Å². The van der Waals surface area contributed by atoms with Crippen LogP contribution in [0.25, 0.3) is 10.9 Å². The summed E-state index contributed by atoms with van der Waals surface area (Å²) in [6.45, 7) is 0. The highest BCUT2D eigenvalue weighted by Gasteiger charge is 2.71. The molecule has 4 nitrogen and oxygen atoms in total. The summed E-state index contributed by atoms with van der Waals surface area (Å²) in [7, 11) is 0. The van der Waals surface area contributed by atoms with E-state index in [0.29, 0.717) is 10.1 Å². The number of carbonyl (C=O) groups excluding carboxylic acids is 1. The maximum absolute atomic E-state index is 14.7. The van der Waals surface area contributed by atoms with Crippen LogP contribution in [0.5, 0.6) is 0 Å². The zero-order valence-corrected chi connectivity index (χ0v) is 18.9. The summed E-state index contributed by atoms with van der Waals surface area (Å²) in [5.41, 5.74) is -11.6. The monoisotopic (exact) mass is 594 g/mol. The Morgan fingerprint density at radius 2 is 1.60 bits per heavy atom. The van der Waals surface area contributed by atoms with Gasteiger partial charge in [0.15, 0.2) is 6.20 Å². The van der Waals surface area contributed by atoms with E-state index >= 15 is 0 Å². The van der Waals surface area contributed by atoms with Crippen molar-refractivity contribution >= 4 is 50.0 Å². The number of aromatic nitrogens is 1. The molecule has 1 heterocycles. The second kappa shape index (κ2) is 8.73. The molecule has 3 aromatic rings. The van der Waals surface area contributed by atoms with Gasteiger partial charge in [-0.3, -0.25) is 4.79 Å². The molecule has 1 amide bonds. The van der Waals surface area contributed by atoms with Gasteiger partial charge in [-0.1, -0.05) is 11.6 Å². The summed E-state index contributed by atoms with van der Waals surface area (Å²) in [5.74, 6) is -1.27. The Bertz CT molecular complexity index is 1290. The zero-order chi connectivity index (χ0) is 26.6. The molecule has 0 aliphatic heterocycles. The van der Waals surface area contributed by atoms with Crippen LogP contribution in [0.2, 0.25) is 5.02 Å². The van der Waals surface area contributed by atoms with Crippen molar-refractivity contribution in [2.45, 2.75) is 22.9 Å². The Balaban J connectivity index is 2.15. The highest BCUT2D eigenvalue weighted by atomic mass is 79.9. The van der Waals surface area contributed by atoms with Crippen molar-refractivity contribution in [1.29, 1.82) is 0 Å². The standard InChI is InChI=1S/C20H9BrClF9N2O2/c21-19(27,28)17(23,20(29,30)31)11-7-12(18(24,25)26)15(13(22)8-11)32-16(34)10-4-3-9-2-1-5-33(35)14(9)6-10/h1-8H,(H,32,34). The third-order valence-corrected chi connectivity index (χ3v) is 5.68. The summed E-state index contributed by atoms with van der Waals surface area (Å²) in [6, 6.07) is 5.74. The van der Waals surface area contributed by atoms with Crippen molar-refractivity contribution in [3.63, 3.8) is 0 Å². The van der Waals surface area contributed by atoms with Crippen LogP contribution in [0.1, 0.15) is 21.5 Å². The number of carbonyl (C=O) groups is 1. The van der Waals surface area contributed by atoms with E-state index in [9.17, 15) is 49.5 Å². The fraction of sp³-hybridized carbons (Fsp3) is 0.200. The molecule has 1 aromatic heterocycles. The van der Waals surface area contributed by atoms with Crippen molar-refractivity contribution in [2.75, 3.05) is 5.32 Å². The molecule has 0 aliphatic carbocycles. The molecule has 1 atom stereocenters. The topological polar surface area (TPSA) is 56.0 Å². The molecule has 0 saturated carbocycles. The van der Waals surface area contributed by atoms with E-state index in [1.54, 1.807) is 5.32 Å². The summed E-state index contributed by atoms with van der Waals surface area (Å²) >= 11 is 6.87. The van der Waals surface area contributed by atoms with Crippen LogP contribution in [0.15, 0.2) is 48.7 Å². The van der Waals surface area contributed by atoms with Crippen molar-refractivity contribution < 1.29 is 49.0 Å². The van der Waals surface area contributed by atoms with E-state index in [2.05, 4.69) is 0 Å². The number of pyridine rings is 1. The lowest BCUT2D eigenvalue weighted by Gasteiger charge is -2.32. The van der Waals surface area contributed by atoms with Crippen LogP contribution in [-0.2, 0) is 11.8 Å². The zero-order valence-electron chi connectivity index (χ0n) is 16.5. The van der Waals surface area contributed by atoms with Gasteiger partial charge in [0.25, 0.3) is 5.91 Å². The van der Waals surface area contributed by atoms with Crippen molar-refractivity contribution in [3.8, 4) is 0 Å². The number of nitrogens with zero attached hydrogens (tertiary/aromatic N) is 1. The molecule has 1 N–H and O–H groups in total. The number of fused-ring (bicyclic) bond motifs is 1. The normalized spacial score (nSPS) is 14.6. The molecule has 3 rings (SSSR count). The number of amides is 1. The largest absolute Gasteiger partial charge is 0.618 e. The van der Waals surface area contributed by atoms with E-state index in [4.69, 9.17) is 11.6 Å². The quantitative estimate of drug-likeness (QED) is 0.151. The van der Waals surface area contributed by atoms with E-state index in [-0.39, 0.29) is 17.1 Å². The number of hydrogen-bond donors (Lipinski definition) is 1. The van der Waals surface area contributed by atoms with Gasteiger partial charge in [-0.2, -0.15) is 39.9 Å². The fourth-order valence-electron chi connectivity index (χ4n) is 3.15. The molecule has 0 radical (unpaired) electrons. The molecule has 188 valence electrons. The Morgan fingerprint density at radius 3 is 2.14 bits per heavy atom. The third-order valence-electron chi connectivity index (χ3n) is 4.84. The average Bonchev–Trinajstić information content (AvgIpc) is 2.72. The lowest BCUT2D eigenvalue weighted by molar-refractivity contribution is -0.577. The third kappa shape index (κ3) is 4.85. The van der Waals surface area contributed by atoms with Gasteiger partial charge in [0.1, 0.15) is 0 Å². The predicted octanol–water partition coefficient (Wildman–Crippen LogP) is 7.11. The van der Waals surface area contributed by atoms with Crippen LogP contribution in [-0.4, -0.2) is 16.9 Å². The number of anilines is 1. The number of benzene rings is 2. The number of halogens is 11. The Morgan fingerprint density at radius 1 is 0.971 bits per heavy atom. The van der Waals surface area contributed by atoms with Gasteiger partial charge in [0, 0.05) is 28.6 Å². The Labute approximate surface area is 203 Å². The fourth-order valence-corrected chi connectivity index (χ4v) is 3.87. The summed E-state index contributed by atoms with van der Waals surface area (Å²) < 4.78 is 123. The number of hydrogen-bond acceptors (Lipinski definition) is 2. The second-order valence-electron chi connectivity index (χ2n) is 7.09. The van der Waals surface area contributed by atoms with Crippen molar-refractivity contribution in [2.24, 2.45) is 0 Å². The molecule has 1 unspecified atom stereocenters. The van der Waals surface area contributed by atoms with Crippen molar-refractivity contribution in [1.82, 2.24) is 0 Å². The van der Waals surface area contributed by atoms with E-state index in [1.165, 1.54) is 34.1 Å². The number of rotatable bonds is 4. The maximum atomic E-state index is 14.7. The lowest BCUT2D eigenvalue weighted by atomic mass is 9.92. The molecule has 0 aliphatic rings. The molecular weight excluding hydrogens is 587 g/mol. The molecule has 0 fully saturated rings. The van der Waals surface area contributed by atoms with E-state index in [0.717, 1.165) is 18.3 Å². The summed E-state index contributed by atoms with van der Waals surface area (Å²) in [6.07, 6.45) is -10.8. The summed E-state index contributed by atoms with van der Waals surface area (Å²) in [4.78, 5) is 7.19. The minimum absolute atomic E-state index is 0.0374. The minimum Gasteiger partial charge on any atom is -0.618 e. The van der Waals surface area contributed by atoms with Gasteiger partial charge in [-0.15, -0.1) is 0 Å². The van der Waals surface area contributed by atoms with Crippen LogP contribution in [0, 0.1) is 5.21 Å². The first kappa shape index (κ1) is 26.9. The highest BCUT2D eigenvalue weighted by Crippen LogP contribution is 2.56. The van der Waals surface area contributed by atoms with Crippen LogP contribution in [0.4, 0.5) is 45.2 Å². The maximum Gasteiger partial charge on any atom is 0.433 e. The van der Waals surface area contributed by atoms with E-state index < -0.39 is 56.7 Å². The molecule has 15 heteroatoms. The predicted molar refractivity (Wildman–Crippen MR) is 110 cm³/mol. The van der Waals surface area contributed by atoms with Gasteiger partial charge in [-0.25, -0.2) is 4.39 Å². The van der Waals surface area contributed by atoms with Crippen molar-refractivity contribution in [3.05, 3.63) is 75.6 Å². The molecule has 0 bridgehead atoms. The molecule has 0 spiro atoms. The summed E-state index contributed by atoms with van der Waals surface area (Å²) in [5, 5.41) is 12.7. The molecule has 35 heavy (non-hydrogen) atoms. The second-order valence-corrected chi connectivity index (χ2v) is 8.50. The van der Waals surface area contributed by atoms with Gasteiger partial charge < -0.3 is 10.5 Å². The first-order valence-corrected chi connectivity index (χ1v) is 10.2. The highest BCUT2D eigenvalue weighted by molar-refractivity contribution is 9.10. The number of nitrogens with one attached hydrogen (secondary N) is 1. The molecule has 0 saturated heterocycles. The van der Waals surface area contributed by atoms with Gasteiger partial charge in [0.05, 0.1) is 16.3 Å². The van der Waals surface area contributed by atoms with Crippen LogP contribution < -0.4 is 10.0 Å². The van der Waals surface area contributed by atoms with Crippen LogP contribution in [0.3, 0.4) is 0 Å². The van der Waals surface area contributed by atoms with E-state index in [1.807, 2.05) is 0 Å². The SMILES string of the molecule is O=C(Nc1c(Cl)cc(C(F)(C(F)(F)F)C(F)(F)Br)cc1C(F)(F)F)c1ccc2ccc[n+]([O-])c2c1.